The number of benzene rings is 2. The van der Waals surface area contributed by atoms with Gasteiger partial charge in [-0.1, -0.05) is 6.42 Å². The summed E-state index contributed by atoms with van der Waals surface area (Å²) in [5.41, 5.74) is 1.92. The standard InChI is InChI=1S/C25H27N3O3/c29-23-8-4-21(5-9-23)28(25(30)20-12-14-26-15-13-20)22-6-10-24(11-7-22)31-19-18-27-16-2-1-3-17-27/h4-15,29H,1-3,16-19H2. The fourth-order valence-electron chi connectivity index (χ4n) is 3.78. The van der Waals surface area contributed by atoms with Crippen molar-refractivity contribution in [3.05, 3.63) is 78.6 Å². The van der Waals surface area contributed by atoms with Gasteiger partial charge < -0.3 is 9.84 Å². The number of piperidine rings is 1. The summed E-state index contributed by atoms with van der Waals surface area (Å²) in [5, 5.41) is 9.65. The number of hydrogen-bond donors (Lipinski definition) is 1. The van der Waals surface area contributed by atoms with E-state index in [2.05, 4.69) is 9.88 Å². The zero-order valence-electron chi connectivity index (χ0n) is 17.5. The Morgan fingerprint density at radius 1 is 0.903 bits per heavy atom. The van der Waals surface area contributed by atoms with Gasteiger partial charge in [0.05, 0.1) is 0 Å². The first-order chi connectivity index (χ1) is 15.2. The molecule has 0 aliphatic carbocycles. The minimum absolute atomic E-state index is 0.150. The number of likely N-dealkylation sites (tertiary alicyclic amines) is 1. The zero-order chi connectivity index (χ0) is 21.5. The third kappa shape index (κ3) is 5.41. The van der Waals surface area contributed by atoms with Crippen LogP contribution in [0.3, 0.4) is 0 Å². The first kappa shape index (κ1) is 20.9. The van der Waals surface area contributed by atoms with Crippen LogP contribution in [0.1, 0.15) is 29.6 Å². The lowest BCUT2D eigenvalue weighted by molar-refractivity contribution is 0.0999. The van der Waals surface area contributed by atoms with Gasteiger partial charge in [-0.2, -0.15) is 0 Å². The van der Waals surface area contributed by atoms with E-state index in [1.165, 1.54) is 19.3 Å². The number of hydrogen-bond acceptors (Lipinski definition) is 5. The summed E-state index contributed by atoms with van der Waals surface area (Å²) in [7, 11) is 0. The molecule has 1 aliphatic heterocycles. The van der Waals surface area contributed by atoms with Crippen LogP contribution in [0.15, 0.2) is 73.1 Å². The van der Waals surface area contributed by atoms with E-state index in [4.69, 9.17) is 4.74 Å². The number of aromatic hydroxyl groups is 1. The maximum Gasteiger partial charge on any atom is 0.262 e. The van der Waals surface area contributed by atoms with Gasteiger partial charge in [-0.3, -0.25) is 19.6 Å². The smallest absolute Gasteiger partial charge is 0.262 e. The van der Waals surface area contributed by atoms with Crippen LogP contribution in [-0.4, -0.2) is 47.1 Å². The average molecular weight is 418 g/mol. The molecule has 31 heavy (non-hydrogen) atoms. The van der Waals surface area contributed by atoms with Crippen molar-refractivity contribution in [3.8, 4) is 11.5 Å². The number of carbonyl (C=O) groups is 1. The molecule has 2 aromatic carbocycles. The molecule has 0 unspecified atom stereocenters. The number of carbonyl (C=O) groups excluding carboxylic acids is 1. The Morgan fingerprint density at radius 2 is 1.52 bits per heavy atom. The fourth-order valence-corrected chi connectivity index (χ4v) is 3.78. The van der Waals surface area contributed by atoms with E-state index in [-0.39, 0.29) is 11.7 Å². The molecular weight excluding hydrogens is 390 g/mol. The highest BCUT2D eigenvalue weighted by Crippen LogP contribution is 2.30. The lowest BCUT2D eigenvalue weighted by Gasteiger charge is -2.26. The number of phenolic OH excluding ortho intramolecular Hbond substituents is 1. The summed E-state index contributed by atoms with van der Waals surface area (Å²) in [6, 6.07) is 17.5. The van der Waals surface area contributed by atoms with Crippen LogP contribution < -0.4 is 9.64 Å². The molecule has 1 saturated heterocycles. The molecule has 1 amide bonds. The molecule has 1 aliphatic rings. The minimum Gasteiger partial charge on any atom is -0.508 e. The van der Waals surface area contributed by atoms with Crippen LogP contribution >= 0.6 is 0 Å². The van der Waals surface area contributed by atoms with Crippen LogP contribution in [-0.2, 0) is 0 Å². The molecular formula is C25H27N3O3. The molecule has 1 fully saturated rings. The molecule has 0 bridgehead atoms. The van der Waals surface area contributed by atoms with Gasteiger partial charge in [0.25, 0.3) is 5.91 Å². The topological polar surface area (TPSA) is 65.9 Å². The number of anilines is 2. The zero-order valence-corrected chi connectivity index (χ0v) is 17.5. The first-order valence-electron chi connectivity index (χ1n) is 10.7. The molecule has 0 spiro atoms. The number of amides is 1. The van der Waals surface area contributed by atoms with Crippen LogP contribution in [0.5, 0.6) is 11.5 Å². The quantitative estimate of drug-likeness (QED) is 0.607. The Balaban J connectivity index is 1.49. The lowest BCUT2D eigenvalue weighted by atomic mass is 10.1. The van der Waals surface area contributed by atoms with Crippen molar-refractivity contribution in [3.63, 3.8) is 0 Å². The van der Waals surface area contributed by atoms with Crippen molar-refractivity contribution in [1.29, 1.82) is 0 Å². The predicted molar refractivity (Wildman–Crippen MR) is 121 cm³/mol. The van der Waals surface area contributed by atoms with Crippen molar-refractivity contribution >= 4 is 17.3 Å². The second kappa shape index (κ2) is 10.1. The number of ether oxygens (including phenoxy) is 1. The molecule has 4 rings (SSSR count). The summed E-state index contributed by atoms with van der Waals surface area (Å²) in [6.45, 7) is 3.89. The second-order valence-corrected chi connectivity index (χ2v) is 7.64. The molecule has 3 aromatic rings. The number of pyridine rings is 1. The lowest BCUT2D eigenvalue weighted by Crippen LogP contribution is -2.33. The first-order valence-corrected chi connectivity index (χ1v) is 10.7. The summed E-state index contributed by atoms with van der Waals surface area (Å²) in [4.78, 5) is 21.3. The molecule has 1 N–H and O–H groups in total. The molecule has 0 radical (unpaired) electrons. The van der Waals surface area contributed by atoms with E-state index in [1.807, 2.05) is 24.3 Å². The highest BCUT2D eigenvalue weighted by atomic mass is 16.5. The van der Waals surface area contributed by atoms with Gasteiger partial charge in [0.15, 0.2) is 0 Å². The van der Waals surface area contributed by atoms with Gasteiger partial charge in [-0.15, -0.1) is 0 Å². The van der Waals surface area contributed by atoms with Gasteiger partial charge in [0.2, 0.25) is 0 Å². The molecule has 6 heteroatoms. The van der Waals surface area contributed by atoms with E-state index >= 15 is 0 Å². The normalized spacial score (nSPS) is 14.2. The molecule has 0 atom stereocenters. The summed E-state index contributed by atoms with van der Waals surface area (Å²) < 4.78 is 5.92. The molecule has 6 nitrogen and oxygen atoms in total. The van der Waals surface area contributed by atoms with E-state index < -0.39 is 0 Å². The van der Waals surface area contributed by atoms with Crippen molar-refractivity contribution in [2.24, 2.45) is 0 Å². The van der Waals surface area contributed by atoms with E-state index in [0.29, 0.717) is 17.9 Å². The Hall–Kier alpha value is -3.38. The fraction of sp³-hybridized carbons (Fsp3) is 0.280. The Kier molecular flexibility index (Phi) is 6.79. The van der Waals surface area contributed by atoms with Crippen molar-refractivity contribution in [1.82, 2.24) is 9.88 Å². The predicted octanol–water partition coefficient (Wildman–Crippen LogP) is 4.63. The number of nitrogens with zero attached hydrogens (tertiary/aromatic N) is 3. The third-order valence-electron chi connectivity index (χ3n) is 5.46. The molecule has 160 valence electrons. The third-order valence-corrected chi connectivity index (χ3v) is 5.46. The average Bonchev–Trinajstić information content (AvgIpc) is 2.83. The molecule has 1 aromatic heterocycles. The van der Waals surface area contributed by atoms with Crippen LogP contribution in [0, 0.1) is 0 Å². The summed E-state index contributed by atoms with van der Waals surface area (Å²) in [5.74, 6) is 0.757. The maximum atomic E-state index is 13.3. The highest BCUT2D eigenvalue weighted by Gasteiger charge is 2.20. The monoisotopic (exact) mass is 417 g/mol. The number of aromatic nitrogens is 1. The summed E-state index contributed by atoms with van der Waals surface area (Å²) in [6.07, 6.45) is 7.07. The summed E-state index contributed by atoms with van der Waals surface area (Å²) >= 11 is 0. The molecule has 2 heterocycles. The molecule has 0 saturated carbocycles. The maximum absolute atomic E-state index is 13.3. The highest BCUT2D eigenvalue weighted by molar-refractivity contribution is 6.10. The Morgan fingerprint density at radius 3 is 2.16 bits per heavy atom. The number of rotatable bonds is 7. The van der Waals surface area contributed by atoms with Gasteiger partial charge in [0, 0.05) is 35.9 Å². The Labute approximate surface area is 182 Å². The van der Waals surface area contributed by atoms with Gasteiger partial charge in [-0.25, -0.2) is 0 Å². The number of phenols is 1. The van der Waals surface area contributed by atoms with E-state index in [9.17, 15) is 9.90 Å². The minimum atomic E-state index is -0.174. The van der Waals surface area contributed by atoms with Gasteiger partial charge in [-0.05, 0) is 86.6 Å². The Bertz CT molecular complexity index is 969. The second-order valence-electron chi connectivity index (χ2n) is 7.64. The van der Waals surface area contributed by atoms with Gasteiger partial charge in [0.1, 0.15) is 18.1 Å². The van der Waals surface area contributed by atoms with Crippen LogP contribution in [0.2, 0.25) is 0 Å². The SMILES string of the molecule is O=C(c1ccncc1)N(c1ccc(O)cc1)c1ccc(OCCN2CCCCC2)cc1. The van der Waals surface area contributed by atoms with Gasteiger partial charge >= 0.3 is 0 Å². The van der Waals surface area contributed by atoms with Crippen molar-refractivity contribution < 1.29 is 14.6 Å². The van der Waals surface area contributed by atoms with Crippen LogP contribution in [0.4, 0.5) is 11.4 Å². The van der Waals surface area contributed by atoms with E-state index in [0.717, 1.165) is 31.1 Å². The van der Waals surface area contributed by atoms with Crippen molar-refractivity contribution in [2.75, 3.05) is 31.1 Å². The van der Waals surface area contributed by atoms with Crippen molar-refractivity contribution in [2.45, 2.75) is 19.3 Å². The largest absolute Gasteiger partial charge is 0.508 e. The van der Waals surface area contributed by atoms with E-state index in [1.54, 1.807) is 53.7 Å². The van der Waals surface area contributed by atoms with Crippen LogP contribution in [0.25, 0.3) is 0 Å².